The lowest BCUT2D eigenvalue weighted by atomic mass is 9.72. The summed E-state index contributed by atoms with van der Waals surface area (Å²) in [6, 6.07) is 8.03. The van der Waals surface area contributed by atoms with Crippen LogP contribution in [0, 0.1) is 12.8 Å². The lowest BCUT2D eigenvalue weighted by Crippen LogP contribution is -2.38. The number of fused-ring (bicyclic) bond motifs is 1. The highest BCUT2D eigenvalue weighted by atomic mass is 32.2. The van der Waals surface area contributed by atoms with E-state index in [0.29, 0.717) is 29.7 Å². The quantitative estimate of drug-likeness (QED) is 0.459. The van der Waals surface area contributed by atoms with Gasteiger partial charge in [-0.05, 0) is 70.4 Å². The highest BCUT2D eigenvalue weighted by molar-refractivity contribution is 7.92. The molecule has 0 aromatic heterocycles. The highest BCUT2D eigenvalue weighted by Crippen LogP contribution is 2.54. The van der Waals surface area contributed by atoms with Crippen LogP contribution in [0.2, 0.25) is 0 Å². The summed E-state index contributed by atoms with van der Waals surface area (Å²) in [5, 5.41) is 31.9. The Morgan fingerprint density at radius 2 is 1.74 bits per heavy atom. The fraction of sp³-hybridized carbons (Fsp3) is 0.429. The van der Waals surface area contributed by atoms with E-state index in [4.69, 9.17) is 0 Å². The lowest BCUT2D eigenvalue weighted by molar-refractivity contribution is 0.270. The number of nitrogens with zero attached hydrogens (tertiary/aromatic N) is 1. The summed E-state index contributed by atoms with van der Waals surface area (Å²) in [5.74, 6) is -0.751. The number of sulfonamides is 1. The molecule has 1 aliphatic carbocycles. The number of aromatic hydroxyl groups is 2. The van der Waals surface area contributed by atoms with E-state index in [-0.39, 0.29) is 47.3 Å². The number of benzene rings is 2. The first-order valence-electron chi connectivity index (χ1n) is 12.2. The van der Waals surface area contributed by atoms with Crippen molar-refractivity contribution in [2.45, 2.75) is 63.2 Å². The first kappa shape index (κ1) is 25.3. The maximum atomic E-state index is 13.9. The summed E-state index contributed by atoms with van der Waals surface area (Å²) in [6.45, 7) is 10.2. The van der Waals surface area contributed by atoms with E-state index in [0.717, 1.165) is 24.0 Å². The van der Waals surface area contributed by atoms with Gasteiger partial charge in [0.05, 0.1) is 10.6 Å². The third-order valence-electron chi connectivity index (χ3n) is 7.47. The maximum absolute atomic E-state index is 13.9. The molecule has 0 unspecified atom stereocenters. The molecule has 0 fully saturated rings. The van der Waals surface area contributed by atoms with Crippen molar-refractivity contribution in [3.8, 4) is 11.5 Å². The Labute approximate surface area is 208 Å². The van der Waals surface area contributed by atoms with Crippen molar-refractivity contribution in [3.63, 3.8) is 0 Å². The molecule has 0 amide bonds. The number of aryl methyl sites for hydroxylation is 1. The van der Waals surface area contributed by atoms with E-state index in [1.165, 1.54) is 15.9 Å². The topological polar surface area (TPSA) is 98.1 Å². The van der Waals surface area contributed by atoms with Gasteiger partial charge in [0, 0.05) is 36.3 Å². The Bertz CT molecular complexity index is 1260. The summed E-state index contributed by atoms with van der Waals surface area (Å²) in [6.07, 6.45) is 4.71. The summed E-state index contributed by atoms with van der Waals surface area (Å²) in [5.41, 5.74) is 4.41. The predicted molar refractivity (Wildman–Crippen MR) is 139 cm³/mol. The van der Waals surface area contributed by atoms with E-state index in [9.17, 15) is 23.7 Å². The zero-order valence-corrected chi connectivity index (χ0v) is 21.5. The number of rotatable bonds is 6. The molecule has 4 rings (SSSR count). The summed E-state index contributed by atoms with van der Waals surface area (Å²) in [4.78, 5) is 0.162. The molecule has 0 spiro atoms. The molecular weight excluding hydrogens is 462 g/mol. The SMILES string of the molecule is C=C(C)[C@@H]1CCC(C)=C[C@H]1c1c(O)cc(O)c2c1N(S(=O)(=O)c1ccc(C)cc1)CC[C@H]2CCO. The van der Waals surface area contributed by atoms with E-state index in [1.54, 1.807) is 24.3 Å². The summed E-state index contributed by atoms with van der Waals surface area (Å²) < 4.78 is 29.2. The number of aliphatic hydroxyl groups excluding tert-OH is 1. The van der Waals surface area contributed by atoms with Crippen LogP contribution in [0.5, 0.6) is 11.5 Å². The van der Waals surface area contributed by atoms with Crippen molar-refractivity contribution < 1.29 is 23.7 Å². The van der Waals surface area contributed by atoms with Gasteiger partial charge in [0.15, 0.2) is 0 Å². The van der Waals surface area contributed by atoms with Gasteiger partial charge in [0.1, 0.15) is 11.5 Å². The molecule has 0 bridgehead atoms. The molecule has 2 aromatic rings. The third kappa shape index (κ3) is 4.59. The van der Waals surface area contributed by atoms with Crippen LogP contribution in [0.15, 0.2) is 59.0 Å². The number of hydrogen-bond acceptors (Lipinski definition) is 5. The Kier molecular flexibility index (Phi) is 7.02. The van der Waals surface area contributed by atoms with Gasteiger partial charge < -0.3 is 15.3 Å². The average molecular weight is 498 g/mol. The molecule has 0 saturated heterocycles. The van der Waals surface area contributed by atoms with Crippen LogP contribution >= 0.6 is 0 Å². The molecule has 3 N–H and O–H groups in total. The fourth-order valence-electron chi connectivity index (χ4n) is 5.63. The van der Waals surface area contributed by atoms with E-state index < -0.39 is 10.0 Å². The largest absolute Gasteiger partial charge is 0.507 e. The molecule has 3 atom stereocenters. The second-order valence-electron chi connectivity index (χ2n) is 10.0. The van der Waals surface area contributed by atoms with Gasteiger partial charge in [-0.15, -0.1) is 0 Å². The van der Waals surface area contributed by atoms with Crippen molar-refractivity contribution in [1.82, 2.24) is 0 Å². The van der Waals surface area contributed by atoms with Gasteiger partial charge in [0.2, 0.25) is 0 Å². The number of phenolic OH excluding ortho intramolecular Hbond substituents is 2. The smallest absolute Gasteiger partial charge is 0.264 e. The van der Waals surface area contributed by atoms with E-state index >= 15 is 0 Å². The van der Waals surface area contributed by atoms with Crippen LogP contribution in [0.3, 0.4) is 0 Å². The van der Waals surface area contributed by atoms with Crippen molar-refractivity contribution in [2.24, 2.45) is 5.92 Å². The first-order valence-corrected chi connectivity index (χ1v) is 13.6. The minimum atomic E-state index is -3.97. The van der Waals surface area contributed by atoms with Crippen LogP contribution in [-0.4, -0.2) is 36.9 Å². The number of phenols is 2. The normalized spacial score (nSPS) is 22.5. The van der Waals surface area contributed by atoms with Gasteiger partial charge in [-0.1, -0.05) is 41.5 Å². The minimum Gasteiger partial charge on any atom is -0.507 e. The van der Waals surface area contributed by atoms with Crippen molar-refractivity contribution in [2.75, 3.05) is 17.5 Å². The second-order valence-corrected chi connectivity index (χ2v) is 11.9. The van der Waals surface area contributed by atoms with Gasteiger partial charge in [-0.2, -0.15) is 0 Å². The minimum absolute atomic E-state index is 0.0281. The Morgan fingerprint density at radius 3 is 2.37 bits per heavy atom. The maximum Gasteiger partial charge on any atom is 0.264 e. The third-order valence-corrected chi connectivity index (χ3v) is 9.29. The second kappa shape index (κ2) is 9.70. The molecule has 7 heteroatoms. The molecule has 1 heterocycles. The lowest BCUT2D eigenvalue weighted by Gasteiger charge is -2.40. The number of hydrogen-bond donors (Lipinski definition) is 3. The Hall–Kier alpha value is -2.77. The number of aliphatic hydroxyl groups is 1. The summed E-state index contributed by atoms with van der Waals surface area (Å²) >= 11 is 0. The fourth-order valence-corrected chi connectivity index (χ4v) is 7.15. The van der Waals surface area contributed by atoms with Crippen LogP contribution in [0.1, 0.15) is 68.1 Å². The molecule has 1 aliphatic heterocycles. The highest BCUT2D eigenvalue weighted by Gasteiger charge is 2.41. The zero-order chi connectivity index (χ0) is 25.5. The van der Waals surface area contributed by atoms with E-state index in [1.807, 2.05) is 20.8 Å². The average Bonchev–Trinajstić information content (AvgIpc) is 2.79. The van der Waals surface area contributed by atoms with Crippen molar-refractivity contribution in [3.05, 3.63) is 70.8 Å². The van der Waals surface area contributed by atoms with Crippen LogP contribution < -0.4 is 4.31 Å². The summed E-state index contributed by atoms with van der Waals surface area (Å²) in [7, 11) is -3.97. The van der Waals surface area contributed by atoms with Crippen LogP contribution in [-0.2, 0) is 10.0 Å². The molecule has 0 saturated carbocycles. The number of allylic oxidation sites excluding steroid dienone is 3. The Morgan fingerprint density at radius 1 is 1.09 bits per heavy atom. The molecule has 35 heavy (non-hydrogen) atoms. The number of anilines is 1. The van der Waals surface area contributed by atoms with Crippen LogP contribution in [0.25, 0.3) is 0 Å². The monoisotopic (exact) mass is 497 g/mol. The van der Waals surface area contributed by atoms with Gasteiger partial charge in [-0.25, -0.2) is 8.42 Å². The molecule has 0 radical (unpaired) electrons. The molecule has 2 aromatic carbocycles. The molecular formula is C28H35NO5S. The zero-order valence-electron chi connectivity index (χ0n) is 20.7. The molecule has 2 aliphatic rings. The predicted octanol–water partition coefficient (Wildman–Crippen LogP) is 5.49. The molecule has 188 valence electrons. The van der Waals surface area contributed by atoms with Gasteiger partial charge in [0.25, 0.3) is 10.0 Å². The van der Waals surface area contributed by atoms with Crippen molar-refractivity contribution in [1.29, 1.82) is 0 Å². The van der Waals surface area contributed by atoms with Crippen molar-refractivity contribution >= 4 is 15.7 Å². The first-order chi connectivity index (χ1) is 16.6. The standard InChI is InChI=1S/C28H35NO5S/c1-17(2)22-10-7-19(4)15-23(22)27-25(32)16-24(31)26-20(12-14-30)11-13-29(28(26)27)35(33,34)21-8-5-18(3)6-9-21/h5-6,8-9,15-16,20,22-23,30-32H,1,7,10-14H2,2-4H3/t20-,22-,23+/m0/s1. The van der Waals surface area contributed by atoms with Gasteiger partial charge in [-0.3, -0.25) is 4.31 Å². The van der Waals surface area contributed by atoms with Crippen LogP contribution in [0.4, 0.5) is 5.69 Å². The molecule has 6 nitrogen and oxygen atoms in total. The Balaban J connectivity index is 2.01. The van der Waals surface area contributed by atoms with E-state index in [2.05, 4.69) is 12.7 Å². The van der Waals surface area contributed by atoms with Gasteiger partial charge >= 0.3 is 0 Å².